The van der Waals surface area contributed by atoms with Crippen LogP contribution in [0.5, 0.6) is 0 Å². The second kappa shape index (κ2) is 7.48. The van der Waals surface area contributed by atoms with Gasteiger partial charge in [-0.2, -0.15) is 0 Å². The zero-order valence-corrected chi connectivity index (χ0v) is 13.0. The van der Waals surface area contributed by atoms with Gasteiger partial charge in [-0.3, -0.25) is 4.79 Å². The average molecular weight is 324 g/mol. The van der Waals surface area contributed by atoms with E-state index in [2.05, 4.69) is 5.32 Å². The predicted molar refractivity (Wildman–Crippen MR) is 87.2 cm³/mol. The fraction of sp³-hybridized carbons (Fsp3) is 0.188. The molecule has 0 radical (unpaired) electrons. The van der Waals surface area contributed by atoms with E-state index in [0.717, 1.165) is 5.75 Å². The number of rotatable bonds is 5. The van der Waals surface area contributed by atoms with E-state index < -0.39 is 5.82 Å². The molecule has 5 heteroatoms. The molecule has 0 aliphatic carbocycles. The number of nitrogens with one attached hydrogen (secondary N) is 1. The molecule has 110 valence electrons. The zero-order valence-electron chi connectivity index (χ0n) is 11.5. The summed E-state index contributed by atoms with van der Waals surface area (Å²) in [5, 5.41) is 2.68. The van der Waals surface area contributed by atoms with Crippen molar-refractivity contribution in [1.29, 1.82) is 0 Å². The molecule has 2 aromatic carbocycles. The quantitative estimate of drug-likeness (QED) is 0.861. The molecule has 2 rings (SSSR count). The maximum Gasteiger partial charge on any atom is 0.237 e. The van der Waals surface area contributed by atoms with Gasteiger partial charge in [-0.25, -0.2) is 4.39 Å². The van der Waals surface area contributed by atoms with Crippen molar-refractivity contribution in [3.8, 4) is 0 Å². The van der Waals surface area contributed by atoms with Crippen molar-refractivity contribution in [3.05, 3.63) is 64.9 Å². The largest absolute Gasteiger partial charge is 0.324 e. The van der Waals surface area contributed by atoms with Crippen LogP contribution >= 0.6 is 23.4 Å². The van der Waals surface area contributed by atoms with Crippen LogP contribution in [0.2, 0.25) is 5.02 Å². The fourth-order valence-electron chi connectivity index (χ4n) is 1.70. The van der Waals surface area contributed by atoms with Crippen LogP contribution in [0.15, 0.2) is 48.5 Å². The van der Waals surface area contributed by atoms with E-state index in [1.54, 1.807) is 0 Å². The van der Waals surface area contributed by atoms with E-state index in [1.165, 1.54) is 35.5 Å². The lowest BCUT2D eigenvalue weighted by molar-refractivity contribution is -0.115. The summed E-state index contributed by atoms with van der Waals surface area (Å²) in [6.07, 6.45) is 0. The summed E-state index contributed by atoms with van der Waals surface area (Å²) in [6, 6.07) is 13.9. The number of hydrogen-bond acceptors (Lipinski definition) is 2. The van der Waals surface area contributed by atoms with Gasteiger partial charge >= 0.3 is 0 Å². The molecule has 0 saturated heterocycles. The molecule has 1 unspecified atom stereocenters. The third-order valence-corrected chi connectivity index (χ3v) is 4.43. The zero-order chi connectivity index (χ0) is 15.2. The van der Waals surface area contributed by atoms with Gasteiger partial charge in [-0.1, -0.05) is 41.9 Å². The first-order valence-corrected chi connectivity index (χ1v) is 7.90. The fourth-order valence-corrected chi connectivity index (χ4v) is 2.76. The summed E-state index contributed by atoms with van der Waals surface area (Å²) in [5.74, 6) is 0.181. The molecule has 1 N–H and O–H groups in total. The van der Waals surface area contributed by atoms with Crippen LogP contribution in [0.3, 0.4) is 0 Å². The molecule has 0 fully saturated rings. The van der Waals surface area contributed by atoms with Crippen molar-refractivity contribution in [3.63, 3.8) is 0 Å². The second-order valence-corrected chi connectivity index (χ2v) is 6.29. The van der Waals surface area contributed by atoms with E-state index in [0.29, 0.717) is 5.69 Å². The minimum Gasteiger partial charge on any atom is -0.324 e. The van der Waals surface area contributed by atoms with Gasteiger partial charge in [0.15, 0.2) is 0 Å². The summed E-state index contributed by atoms with van der Waals surface area (Å²) in [7, 11) is 0. The van der Waals surface area contributed by atoms with E-state index in [1.807, 2.05) is 37.3 Å². The van der Waals surface area contributed by atoms with Crippen molar-refractivity contribution >= 4 is 35.0 Å². The molecule has 1 amide bonds. The molecule has 2 aromatic rings. The number of anilines is 1. The summed E-state index contributed by atoms with van der Waals surface area (Å²) < 4.78 is 13.0. The van der Waals surface area contributed by atoms with Crippen molar-refractivity contribution in [2.45, 2.75) is 17.9 Å². The number of carbonyl (C=O) groups excluding carboxylic acids is 1. The lowest BCUT2D eigenvalue weighted by Crippen LogP contribution is -2.22. The maximum absolute atomic E-state index is 13.0. The first-order chi connectivity index (χ1) is 10.1. The number of amides is 1. The first kappa shape index (κ1) is 15.9. The monoisotopic (exact) mass is 323 g/mol. The summed E-state index contributed by atoms with van der Waals surface area (Å²) in [5.41, 5.74) is 1.59. The predicted octanol–water partition coefficient (Wildman–Crippen LogP) is 4.74. The molecule has 0 bridgehead atoms. The van der Waals surface area contributed by atoms with Gasteiger partial charge in [-0.15, -0.1) is 11.8 Å². The lowest BCUT2D eigenvalue weighted by atomic mass is 10.2. The Hall–Kier alpha value is -1.52. The molecule has 0 heterocycles. The Balaban J connectivity index is 1.90. The van der Waals surface area contributed by atoms with Crippen molar-refractivity contribution in [2.24, 2.45) is 0 Å². The van der Waals surface area contributed by atoms with Crippen LogP contribution in [0, 0.1) is 5.82 Å². The third-order valence-electron chi connectivity index (χ3n) is 2.90. The van der Waals surface area contributed by atoms with Crippen LogP contribution in [0.4, 0.5) is 10.1 Å². The average Bonchev–Trinajstić information content (AvgIpc) is 2.48. The number of carbonyl (C=O) groups is 1. The summed E-state index contributed by atoms with van der Waals surface area (Å²) in [4.78, 5) is 12.1. The van der Waals surface area contributed by atoms with Gasteiger partial charge in [-0.05, 0) is 30.7 Å². The minimum atomic E-state index is -0.426. The van der Waals surface area contributed by atoms with Gasteiger partial charge in [0.05, 0.1) is 16.0 Å². The van der Waals surface area contributed by atoms with E-state index >= 15 is 0 Å². The molecule has 0 aliphatic heterocycles. The van der Waals surface area contributed by atoms with Crippen LogP contribution in [0.25, 0.3) is 0 Å². The highest BCUT2D eigenvalue weighted by atomic mass is 35.5. The van der Waals surface area contributed by atoms with Crippen LogP contribution in [-0.2, 0) is 10.5 Å². The Kier molecular flexibility index (Phi) is 5.65. The number of hydrogen-bond donors (Lipinski definition) is 1. The standard InChI is InChI=1S/C16H15ClFNOS/c1-11(21-10-12-5-3-2-4-6-12)16(20)19-15-8-7-13(18)9-14(15)17/h2-9,11H,10H2,1H3,(H,19,20). The highest BCUT2D eigenvalue weighted by Crippen LogP contribution is 2.24. The maximum atomic E-state index is 13.0. The summed E-state index contributed by atoms with van der Waals surface area (Å²) in [6.45, 7) is 1.83. The van der Waals surface area contributed by atoms with E-state index in [4.69, 9.17) is 11.6 Å². The molecule has 0 aliphatic rings. The van der Waals surface area contributed by atoms with E-state index in [9.17, 15) is 9.18 Å². The Labute approximate surface area is 132 Å². The molecule has 2 nitrogen and oxygen atoms in total. The molecular weight excluding hydrogens is 309 g/mol. The number of halogens is 2. The highest BCUT2D eigenvalue weighted by Gasteiger charge is 2.15. The lowest BCUT2D eigenvalue weighted by Gasteiger charge is -2.13. The Morgan fingerprint density at radius 1 is 1.29 bits per heavy atom. The topological polar surface area (TPSA) is 29.1 Å². The molecule has 0 saturated carbocycles. The minimum absolute atomic E-state index is 0.149. The Bertz CT molecular complexity index is 621. The molecule has 21 heavy (non-hydrogen) atoms. The Morgan fingerprint density at radius 3 is 2.67 bits per heavy atom. The second-order valence-electron chi connectivity index (χ2n) is 4.55. The van der Waals surface area contributed by atoms with Crippen LogP contribution in [0.1, 0.15) is 12.5 Å². The van der Waals surface area contributed by atoms with Gasteiger partial charge < -0.3 is 5.32 Å². The highest BCUT2D eigenvalue weighted by molar-refractivity contribution is 7.99. The van der Waals surface area contributed by atoms with Crippen molar-refractivity contribution in [2.75, 3.05) is 5.32 Å². The van der Waals surface area contributed by atoms with Crippen molar-refractivity contribution < 1.29 is 9.18 Å². The number of benzene rings is 2. The first-order valence-electron chi connectivity index (χ1n) is 6.47. The number of thioether (sulfide) groups is 1. The molecule has 1 atom stereocenters. The third kappa shape index (κ3) is 4.76. The molecule has 0 spiro atoms. The van der Waals surface area contributed by atoms with Gasteiger partial charge in [0, 0.05) is 5.75 Å². The molecule has 0 aromatic heterocycles. The summed E-state index contributed by atoms with van der Waals surface area (Å²) >= 11 is 7.43. The normalized spacial score (nSPS) is 12.0. The van der Waals surface area contributed by atoms with Gasteiger partial charge in [0.25, 0.3) is 0 Å². The molecular formula is C16H15ClFNOS. The van der Waals surface area contributed by atoms with Gasteiger partial charge in [0.1, 0.15) is 5.82 Å². The van der Waals surface area contributed by atoms with Crippen LogP contribution in [-0.4, -0.2) is 11.2 Å². The Morgan fingerprint density at radius 2 is 2.00 bits per heavy atom. The van der Waals surface area contributed by atoms with E-state index in [-0.39, 0.29) is 16.2 Å². The SMILES string of the molecule is CC(SCc1ccccc1)C(=O)Nc1ccc(F)cc1Cl. The van der Waals surface area contributed by atoms with Crippen LogP contribution < -0.4 is 5.32 Å². The van der Waals surface area contributed by atoms with Crippen molar-refractivity contribution in [1.82, 2.24) is 0 Å². The van der Waals surface area contributed by atoms with Gasteiger partial charge in [0.2, 0.25) is 5.91 Å². The smallest absolute Gasteiger partial charge is 0.237 e.